The first-order chi connectivity index (χ1) is 14.4. The molecule has 6 nitrogen and oxygen atoms in total. The Morgan fingerprint density at radius 2 is 1.90 bits per heavy atom. The lowest BCUT2D eigenvalue weighted by atomic mass is 9.46. The third kappa shape index (κ3) is 3.87. The molecule has 2 atom stereocenters. The molecule has 4 saturated carbocycles. The maximum Gasteiger partial charge on any atom is 0.232 e. The van der Waals surface area contributed by atoms with Crippen molar-refractivity contribution in [1.29, 1.82) is 0 Å². The summed E-state index contributed by atoms with van der Waals surface area (Å²) < 4.78 is 4.41. The van der Waals surface area contributed by atoms with Gasteiger partial charge in [0.25, 0.3) is 0 Å². The Bertz CT molecular complexity index is 947. The van der Waals surface area contributed by atoms with E-state index in [-0.39, 0.29) is 17.4 Å². The Hall–Kier alpha value is -1.93. The molecule has 2 amide bonds. The summed E-state index contributed by atoms with van der Waals surface area (Å²) in [7, 11) is 0. The van der Waals surface area contributed by atoms with Gasteiger partial charge in [0.2, 0.25) is 22.1 Å². The standard InChI is InChI=1S/C22H26N4O2S2/c1-14(27)25-22-10-16-7-17(11-22)9-21(8-16,13-22)18(28)23-19-24-20(26-30-19)29-12-15-5-3-2-4-6-15/h2-6,16-17H,7-13H2,1H3,(H,25,27)(H,23,24,26,28). The molecule has 0 radical (unpaired) electrons. The van der Waals surface area contributed by atoms with Crippen molar-refractivity contribution >= 4 is 40.2 Å². The van der Waals surface area contributed by atoms with Gasteiger partial charge in [0.15, 0.2) is 0 Å². The SMILES string of the molecule is CC(=O)NC12CC3CC(C1)CC(C(=O)Nc1nc(SCc4ccccc4)ns1)(C3)C2. The number of hydrogen-bond acceptors (Lipinski definition) is 6. The van der Waals surface area contributed by atoms with Gasteiger partial charge in [-0.3, -0.25) is 9.59 Å². The number of benzene rings is 1. The van der Waals surface area contributed by atoms with Gasteiger partial charge in [0.1, 0.15) is 0 Å². The first-order valence-corrected chi connectivity index (χ1v) is 12.3. The van der Waals surface area contributed by atoms with E-state index >= 15 is 0 Å². The Balaban J connectivity index is 1.26. The van der Waals surface area contributed by atoms with Crippen LogP contribution in [-0.4, -0.2) is 26.7 Å². The zero-order chi connectivity index (χ0) is 20.8. The monoisotopic (exact) mass is 442 g/mol. The summed E-state index contributed by atoms with van der Waals surface area (Å²) in [4.78, 5) is 29.7. The largest absolute Gasteiger partial charge is 0.351 e. The molecule has 158 valence electrons. The van der Waals surface area contributed by atoms with E-state index < -0.39 is 5.41 Å². The highest BCUT2D eigenvalue weighted by atomic mass is 32.2. The molecule has 0 spiro atoms. The first-order valence-electron chi connectivity index (χ1n) is 10.5. The zero-order valence-corrected chi connectivity index (χ0v) is 18.7. The minimum absolute atomic E-state index is 0.0108. The van der Waals surface area contributed by atoms with Gasteiger partial charge in [-0.1, -0.05) is 42.1 Å². The van der Waals surface area contributed by atoms with Gasteiger partial charge in [-0.15, -0.1) is 0 Å². The maximum absolute atomic E-state index is 13.4. The molecule has 30 heavy (non-hydrogen) atoms. The number of rotatable bonds is 6. The predicted octanol–water partition coefficient (Wildman–Crippen LogP) is 4.24. The van der Waals surface area contributed by atoms with Crippen LogP contribution in [0.2, 0.25) is 0 Å². The van der Waals surface area contributed by atoms with Crippen LogP contribution in [-0.2, 0) is 15.3 Å². The van der Waals surface area contributed by atoms with Crippen LogP contribution in [0.3, 0.4) is 0 Å². The van der Waals surface area contributed by atoms with Gasteiger partial charge in [-0.05, 0) is 55.9 Å². The Kier molecular flexibility index (Phi) is 5.09. The van der Waals surface area contributed by atoms with Crippen molar-refractivity contribution in [3.05, 3.63) is 35.9 Å². The van der Waals surface area contributed by atoms with Gasteiger partial charge in [-0.25, -0.2) is 0 Å². The summed E-state index contributed by atoms with van der Waals surface area (Å²) in [5.41, 5.74) is 0.625. The second-order valence-electron chi connectivity index (χ2n) is 9.31. The number of anilines is 1. The molecular weight excluding hydrogens is 416 g/mol. The third-order valence-electron chi connectivity index (χ3n) is 6.82. The molecule has 4 bridgehead atoms. The third-order valence-corrected chi connectivity index (χ3v) is 8.49. The van der Waals surface area contributed by atoms with Crippen LogP contribution in [0.5, 0.6) is 0 Å². The second-order valence-corrected chi connectivity index (χ2v) is 11.0. The molecule has 1 aromatic heterocycles. The molecule has 4 aliphatic rings. The number of aromatic nitrogens is 2. The zero-order valence-electron chi connectivity index (χ0n) is 17.0. The number of nitrogens with zero attached hydrogens (tertiary/aromatic N) is 2. The van der Waals surface area contributed by atoms with Gasteiger partial charge < -0.3 is 10.6 Å². The smallest absolute Gasteiger partial charge is 0.232 e. The lowest BCUT2D eigenvalue weighted by Gasteiger charge is -2.61. The lowest BCUT2D eigenvalue weighted by Crippen LogP contribution is -2.65. The van der Waals surface area contributed by atoms with Crippen LogP contribution in [0, 0.1) is 17.3 Å². The molecule has 0 aliphatic heterocycles. The fourth-order valence-electron chi connectivity index (χ4n) is 6.32. The number of carbonyl (C=O) groups is 2. The summed E-state index contributed by atoms with van der Waals surface area (Å²) >= 11 is 2.82. The van der Waals surface area contributed by atoms with E-state index in [9.17, 15) is 9.59 Å². The average molecular weight is 443 g/mol. The number of nitrogens with one attached hydrogen (secondary N) is 2. The second kappa shape index (κ2) is 7.64. The van der Waals surface area contributed by atoms with Crippen molar-refractivity contribution in [3.63, 3.8) is 0 Å². The highest BCUT2D eigenvalue weighted by Gasteiger charge is 2.61. The molecule has 2 unspecified atom stereocenters. The summed E-state index contributed by atoms with van der Waals surface area (Å²) in [5, 5.41) is 7.55. The van der Waals surface area contributed by atoms with E-state index in [1.54, 1.807) is 18.7 Å². The molecular formula is C22H26N4O2S2. The summed E-state index contributed by atoms with van der Waals surface area (Å²) in [6.45, 7) is 1.58. The highest BCUT2D eigenvalue weighted by molar-refractivity contribution is 7.98. The quantitative estimate of drug-likeness (QED) is 0.654. The van der Waals surface area contributed by atoms with Gasteiger partial charge in [0.05, 0.1) is 5.41 Å². The van der Waals surface area contributed by atoms with E-state index in [1.165, 1.54) is 23.5 Å². The van der Waals surface area contributed by atoms with Crippen molar-refractivity contribution < 1.29 is 9.59 Å². The van der Waals surface area contributed by atoms with E-state index in [2.05, 4.69) is 32.1 Å². The van der Waals surface area contributed by atoms with E-state index in [0.717, 1.165) is 37.9 Å². The highest BCUT2D eigenvalue weighted by Crippen LogP contribution is 2.61. The fraction of sp³-hybridized carbons (Fsp3) is 0.545. The number of hydrogen-bond donors (Lipinski definition) is 2. The van der Waals surface area contributed by atoms with Crippen molar-refractivity contribution in [2.45, 2.75) is 61.9 Å². The van der Waals surface area contributed by atoms with Crippen LogP contribution in [0.1, 0.15) is 51.0 Å². The van der Waals surface area contributed by atoms with Crippen molar-refractivity contribution in [2.75, 3.05) is 5.32 Å². The molecule has 2 N–H and O–H groups in total. The first kappa shape index (κ1) is 20.0. The maximum atomic E-state index is 13.4. The van der Waals surface area contributed by atoms with Crippen LogP contribution < -0.4 is 10.6 Å². The molecule has 0 saturated heterocycles. The molecule has 6 rings (SSSR count). The van der Waals surface area contributed by atoms with Crippen LogP contribution in [0.25, 0.3) is 0 Å². The van der Waals surface area contributed by atoms with E-state index in [4.69, 9.17) is 0 Å². The summed E-state index contributed by atoms with van der Waals surface area (Å²) in [5.74, 6) is 1.92. The van der Waals surface area contributed by atoms with Gasteiger partial charge in [-0.2, -0.15) is 9.36 Å². The summed E-state index contributed by atoms with van der Waals surface area (Å²) in [6, 6.07) is 10.2. The minimum Gasteiger partial charge on any atom is -0.351 e. The average Bonchev–Trinajstić information content (AvgIpc) is 3.12. The molecule has 4 fully saturated rings. The van der Waals surface area contributed by atoms with Crippen LogP contribution in [0.4, 0.5) is 5.13 Å². The number of carbonyl (C=O) groups excluding carboxylic acids is 2. The molecule has 4 aliphatic carbocycles. The van der Waals surface area contributed by atoms with Gasteiger partial charge >= 0.3 is 0 Å². The predicted molar refractivity (Wildman–Crippen MR) is 118 cm³/mol. The Morgan fingerprint density at radius 3 is 2.60 bits per heavy atom. The molecule has 1 aromatic carbocycles. The normalized spacial score (nSPS) is 31.5. The Morgan fingerprint density at radius 1 is 1.17 bits per heavy atom. The van der Waals surface area contributed by atoms with Crippen LogP contribution >= 0.6 is 23.3 Å². The summed E-state index contributed by atoms with van der Waals surface area (Å²) in [6.07, 6.45) is 5.80. The number of thioether (sulfide) groups is 1. The molecule has 8 heteroatoms. The van der Waals surface area contributed by atoms with Gasteiger partial charge in [0, 0.05) is 29.7 Å². The topological polar surface area (TPSA) is 84.0 Å². The van der Waals surface area contributed by atoms with Crippen molar-refractivity contribution in [3.8, 4) is 0 Å². The minimum atomic E-state index is -0.393. The molecule has 2 aromatic rings. The van der Waals surface area contributed by atoms with Crippen molar-refractivity contribution in [1.82, 2.24) is 14.7 Å². The fourth-order valence-corrected chi connectivity index (χ4v) is 7.81. The van der Waals surface area contributed by atoms with Crippen molar-refractivity contribution in [2.24, 2.45) is 17.3 Å². The van der Waals surface area contributed by atoms with E-state index in [1.807, 2.05) is 18.2 Å². The Labute approximate surface area is 184 Å². The molecule has 1 heterocycles. The lowest BCUT2D eigenvalue weighted by molar-refractivity contribution is -0.148. The van der Waals surface area contributed by atoms with E-state index in [0.29, 0.717) is 22.1 Å². The number of amides is 2. The van der Waals surface area contributed by atoms with Crippen LogP contribution in [0.15, 0.2) is 35.5 Å².